The highest BCUT2D eigenvalue weighted by Gasteiger charge is 2.33. The zero-order valence-electron chi connectivity index (χ0n) is 20.1. The van der Waals surface area contributed by atoms with E-state index in [-0.39, 0.29) is 25.2 Å². The Bertz CT molecular complexity index is 703. The summed E-state index contributed by atoms with van der Waals surface area (Å²) in [5.74, 6) is -4.50. The van der Waals surface area contributed by atoms with E-state index in [1.807, 2.05) is 0 Å². The third-order valence-corrected chi connectivity index (χ3v) is 5.46. The van der Waals surface area contributed by atoms with Gasteiger partial charge in [0.05, 0.1) is 12.1 Å². The zero-order chi connectivity index (χ0) is 26.4. The molecule has 0 heterocycles. The number of primary amides is 1. The summed E-state index contributed by atoms with van der Waals surface area (Å²) in [4.78, 5) is 60.5. The van der Waals surface area contributed by atoms with Crippen molar-refractivity contribution in [3.63, 3.8) is 0 Å². The molecule has 11 N–H and O–H groups in total. The van der Waals surface area contributed by atoms with Gasteiger partial charge in [-0.1, -0.05) is 20.3 Å². The maximum Gasteiger partial charge on any atom is 0.328 e. The normalized spacial score (nSPS) is 16.3. The molecule has 0 aliphatic carbocycles. The topological polar surface area (TPSA) is 240 Å². The Hall–Kier alpha value is -2.77. The monoisotopic (exact) mass is 488 g/mol. The zero-order valence-corrected chi connectivity index (χ0v) is 20.1. The highest BCUT2D eigenvalue weighted by atomic mass is 16.4. The molecule has 0 aliphatic rings. The molecule has 0 saturated heterocycles. The highest BCUT2D eigenvalue weighted by molar-refractivity contribution is 5.94. The first-order chi connectivity index (χ1) is 15.8. The lowest BCUT2D eigenvalue weighted by atomic mass is 9.96. The second-order valence-electron chi connectivity index (χ2n) is 8.39. The predicted molar refractivity (Wildman–Crippen MR) is 124 cm³/mol. The Labute approximate surface area is 199 Å². The van der Waals surface area contributed by atoms with Crippen molar-refractivity contribution in [2.45, 2.75) is 89.6 Å². The maximum absolute atomic E-state index is 13.0. The molecule has 4 amide bonds. The van der Waals surface area contributed by atoms with Crippen LogP contribution >= 0.6 is 0 Å². The van der Waals surface area contributed by atoms with Crippen LogP contribution < -0.4 is 33.2 Å². The Morgan fingerprint density at radius 2 is 1.47 bits per heavy atom. The molecular formula is C21H40N6O7. The van der Waals surface area contributed by atoms with Gasteiger partial charge in [-0.2, -0.15) is 0 Å². The van der Waals surface area contributed by atoms with Gasteiger partial charge in [-0.3, -0.25) is 19.2 Å². The summed E-state index contributed by atoms with van der Waals surface area (Å²) < 4.78 is 0. The van der Waals surface area contributed by atoms with Gasteiger partial charge in [-0.05, 0) is 45.1 Å². The minimum atomic E-state index is -1.56. The number of aliphatic carboxylic acids is 1. The number of nitrogens with two attached hydrogens (primary N) is 3. The van der Waals surface area contributed by atoms with E-state index in [0.29, 0.717) is 25.8 Å². The molecule has 13 heteroatoms. The Kier molecular flexibility index (Phi) is 14.7. The molecule has 196 valence electrons. The number of hydrogen-bond acceptors (Lipinski definition) is 8. The van der Waals surface area contributed by atoms with Gasteiger partial charge in [0, 0.05) is 6.42 Å². The lowest BCUT2D eigenvalue weighted by Gasteiger charge is -2.28. The molecule has 0 aromatic carbocycles. The molecule has 0 aromatic rings. The predicted octanol–water partition coefficient (Wildman–Crippen LogP) is -2.33. The summed E-state index contributed by atoms with van der Waals surface area (Å²) in [5, 5.41) is 26.2. The van der Waals surface area contributed by atoms with E-state index in [1.54, 1.807) is 13.8 Å². The summed E-state index contributed by atoms with van der Waals surface area (Å²) in [6, 6.07) is -4.77. The summed E-state index contributed by atoms with van der Waals surface area (Å²) in [7, 11) is 0. The molecule has 6 atom stereocenters. The first-order valence-electron chi connectivity index (χ1n) is 11.4. The number of nitrogens with one attached hydrogen (secondary N) is 3. The van der Waals surface area contributed by atoms with E-state index in [1.165, 1.54) is 6.92 Å². The Balaban J connectivity index is 5.53. The fourth-order valence-electron chi connectivity index (χ4n) is 3.06. The number of carboxylic acid groups (broad SMARTS) is 1. The highest BCUT2D eigenvalue weighted by Crippen LogP contribution is 2.11. The molecule has 0 saturated carbocycles. The fourth-order valence-corrected chi connectivity index (χ4v) is 3.06. The number of carbonyl (C=O) groups excluding carboxylic acids is 4. The second-order valence-corrected chi connectivity index (χ2v) is 8.39. The minimum absolute atomic E-state index is 0.00608. The van der Waals surface area contributed by atoms with Crippen molar-refractivity contribution < 1.29 is 34.2 Å². The lowest BCUT2D eigenvalue weighted by Crippen LogP contribution is -2.59. The second kappa shape index (κ2) is 16.0. The van der Waals surface area contributed by atoms with Crippen LogP contribution in [-0.2, 0) is 24.0 Å². The number of rotatable bonds is 17. The maximum atomic E-state index is 13.0. The summed E-state index contributed by atoms with van der Waals surface area (Å²) in [5.41, 5.74) is 16.4. The van der Waals surface area contributed by atoms with Crippen LogP contribution in [0.15, 0.2) is 0 Å². The largest absolute Gasteiger partial charge is 0.480 e. The molecule has 34 heavy (non-hydrogen) atoms. The van der Waals surface area contributed by atoms with Crippen molar-refractivity contribution in [3.05, 3.63) is 0 Å². The molecule has 0 aromatic heterocycles. The van der Waals surface area contributed by atoms with E-state index in [4.69, 9.17) is 17.2 Å². The van der Waals surface area contributed by atoms with Gasteiger partial charge in [-0.15, -0.1) is 0 Å². The smallest absolute Gasteiger partial charge is 0.328 e. The van der Waals surface area contributed by atoms with Crippen molar-refractivity contribution >= 4 is 29.6 Å². The van der Waals surface area contributed by atoms with Crippen molar-refractivity contribution in [2.75, 3.05) is 6.54 Å². The molecule has 0 spiro atoms. The first kappa shape index (κ1) is 31.2. The lowest BCUT2D eigenvalue weighted by molar-refractivity contribution is -0.145. The molecule has 0 rings (SSSR count). The van der Waals surface area contributed by atoms with Crippen LogP contribution in [0.1, 0.15) is 59.3 Å². The molecule has 6 unspecified atom stereocenters. The van der Waals surface area contributed by atoms with E-state index >= 15 is 0 Å². The number of hydrogen-bond donors (Lipinski definition) is 8. The van der Waals surface area contributed by atoms with Crippen LogP contribution in [0.25, 0.3) is 0 Å². The molecule has 0 bridgehead atoms. The molecule has 0 radical (unpaired) electrons. The number of carbonyl (C=O) groups is 5. The van der Waals surface area contributed by atoms with Crippen molar-refractivity contribution in [3.8, 4) is 0 Å². The van der Waals surface area contributed by atoms with Crippen molar-refractivity contribution in [1.29, 1.82) is 0 Å². The van der Waals surface area contributed by atoms with Gasteiger partial charge in [0.25, 0.3) is 0 Å². The van der Waals surface area contributed by atoms with E-state index < -0.39 is 59.9 Å². The number of carboxylic acids is 1. The average Bonchev–Trinajstić information content (AvgIpc) is 2.77. The van der Waals surface area contributed by atoms with E-state index in [0.717, 1.165) is 0 Å². The van der Waals surface area contributed by atoms with Crippen molar-refractivity contribution in [1.82, 2.24) is 16.0 Å². The van der Waals surface area contributed by atoms with Gasteiger partial charge in [0.15, 0.2) is 6.04 Å². The molecular weight excluding hydrogens is 448 g/mol. The summed E-state index contributed by atoms with van der Waals surface area (Å²) in [6.07, 6.45) is 0.353. The summed E-state index contributed by atoms with van der Waals surface area (Å²) >= 11 is 0. The van der Waals surface area contributed by atoms with Crippen molar-refractivity contribution in [2.24, 2.45) is 23.1 Å². The number of aliphatic hydroxyl groups is 1. The third kappa shape index (κ3) is 11.4. The van der Waals surface area contributed by atoms with Crippen LogP contribution in [0, 0.1) is 5.92 Å². The van der Waals surface area contributed by atoms with Gasteiger partial charge in [-0.25, -0.2) is 4.79 Å². The SMILES string of the molecule is CCC(C)C(NC(=O)C(CCCCN)NC(=O)C(N)CCC(N)=O)C(=O)NC(C(=O)O)C(C)O. The average molecular weight is 489 g/mol. The minimum Gasteiger partial charge on any atom is -0.480 e. The number of aliphatic hydroxyl groups excluding tert-OH is 1. The first-order valence-corrected chi connectivity index (χ1v) is 11.4. The Morgan fingerprint density at radius 3 is 1.94 bits per heavy atom. The van der Waals surface area contributed by atoms with Crippen LogP contribution in [0.3, 0.4) is 0 Å². The third-order valence-electron chi connectivity index (χ3n) is 5.46. The standard InChI is InChI=1S/C21H40N6O7/c1-4-11(2)16(20(32)27-17(12(3)28)21(33)34)26-19(31)14(7-5-6-10-22)25-18(30)13(23)8-9-15(24)29/h11-14,16-17,28H,4-10,22-23H2,1-3H3,(H2,24,29)(H,25,30)(H,26,31)(H,27,32)(H,33,34). The van der Waals surface area contributed by atoms with Crippen LogP contribution in [0.4, 0.5) is 0 Å². The molecule has 0 fully saturated rings. The van der Waals surface area contributed by atoms with Crippen LogP contribution in [-0.4, -0.2) is 76.6 Å². The van der Waals surface area contributed by atoms with Gasteiger partial charge < -0.3 is 43.4 Å². The quantitative estimate of drug-likeness (QED) is 0.102. The van der Waals surface area contributed by atoms with Crippen LogP contribution in [0.5, 0.6) is 0 Å². The number of amides is 4. The van der Waals surface area contributed by atoms with Crippen LogP contribution in [0.2, 0.25) is 0 Å². The Morgan fingerprint density at radius 1 is 0.882 bits per heavy atom. The van der Waals surface area contributed by atoms with Gasteiger partial charge in [0.2, 0.25) is 23.6 Å². The molecule has 0 aliphatic heterocycles. The summed E-state index contributed by atoms with van der Waals surface area (Å²) in [6.45, 7) is 5.09. The van der Waals surface area contributed by atoms with E-state index in [2.05, 4.69) is 16.0 Å². The van der Waals surface area contributed by atoms with E-state index in [9.17, 15) is 34.2 Å². The molecule has 13 nitrogen and oxygen atoms in total. The van der Waals surface area contributed by atoms with Gasteiger partial charge >= 0.3 is 5.97 Å². The van der Waals surface area contributed by atoms with Gasteiger partial charge in [0.1, 0.15) is 12.1 Å². The number of unbranched alkanes of at least 4 members (excludes halogenated alkanes) is 1. The fraction of sp³-hybridized carbons (Fsp3) is 0.762.